The summed E-state index contributed by atoms with van der Waals surface area (Å²) in [6, 6.07) is 17.3. The first-order chi connectivity index (χ1) is 11.1. The van der Waals surface area contributed by atoms with Crippen LogP contribution in [0.4, 0.5) is 17.1 Å². The van der Waals surface area contributed by atoms with Crippen LogP contribution < -0.4 is 10.6 Å². The number of hydrogen-bond acceptors (Lipinski definition) is 5. The molecular formula is C18H14N2O2S. The van der Waals surface area contributed by atoms with Crippen molar-refractivity contribution in [3.8, 4) is 0 Å². The third-order valence-electron chi connectivity index (χ3n) is 3.29. The van der Waals surface area contributed by atoms with Crippen molar-refractivity contribution in [1.82, 2.24) is 0 Å². The largest absolute Gasteiger partial charge is 0.356 e. The van der Waals surface area contributed by atoms with E-state index in [-0.39, 0.29) is 22.2 Å². The average molecular weight is 322 g/mol. The molecule has 0 unspecified atom stereocenters. The summed E-state index contributed by atoms with van der Waals surface area (Å²) in [7, 11) is 0. The number of thiol groups is 1. The minimum atomic E-state index is -0.280. The fraction of sp³-hybridized carbons (Fsp3) is 0. The molecule has 0 spiro atoms. The Morgan fingerprint density at radius 3 is 1.87 bits per heavy atom. The van der Waals surface area contributed by atoms with Gasteiger partial charge in [0, 0.05) is 29.2 Å². The van der Waals surface area contributed by atoms with Gasteiger partial charge in [0.1, 0.15) is 0 Å². The van der Waals surface area contributed by atoms with Gasteiger partial charge >= 0.3 is 0 Å². The lowest BCUT2D eigenvalue weighted by molar-refractivity contribution is -0.114. The fourth-order valence-electron chi connectivity index (χ4n) is 2.13. The van der Waals surface area contributed by atoms with Crippen molar-refractivity contribution in [1.29, 1.82) is 0 Å². The Morgan fingerprint density at radius 1 is 0.652 bits per heavy atom. The van der Waals surface area contributed by atoms with Crippen LogP contribution in [0.5, 0.6) is 0 Å². The summed E-state index contributed by atoms with van der Waals surface area (Å²) in [6.07, 6.45) is 2.49. The zero-order valence-corrected chi connectivity index (χ0v) is 13.0. The van der Waals surface area contributed by atoms with Gasteiger partial charge in [-0.25, -0.2) is 0 Å². The number of para-hydroxylation sites is 1. The first-order valence-electron chi connectivity index (χ1n) is 7.02. The highest BCUT2D eigenvalue weighted by Crippen LogP contribution is 2.21. The van der Waals surface area contributed by atoms with Gasteiger partial charge in [0.25, 0.3) is 0 Å². The predicted octanol–water partition coefficient (Wildman–Crippen LogP) is 3.69. The standard InChI is InChI=1S/C18H14N2O2S/c21-16-11-18(23)17(22)10-15(16)20-14-8-6-13(7-9-14)19-12-4-2-1-3-5-12/h1-11,19-20,23H. The molecule has 2 N–H and O–H groups in total. The van der Waals surface area contributed by atoms with E-state index in [1.165, 1.54) is 12.2 Å². The van der Waals surface area contributed by atoms with Gasteiger partial charge in [-0.1, -0.05) is 18.2 Å². The van der Waals surface area contributed by atoms with Crippen LogP contribution in [0.1, 0.15) is 0 Å². The number of nitrogens with one attached hydrogen (secondary N) is 2. The van der Waals surface area contributed by atoms with Crippen molar-refractivity contribution in [2.24, 2.45) is 0 Å². The summed E-state index contributed by atoms with van der Waals surface area (Å²) in [6.45, 7) is 0. The van der Waals surface area contributed by atoms with E-state index >= 15 is 0 Å². The molecule has 3 rings (SSSR count). The quantitative estimate of drug-likeness (QED) is 0.593. The molecule has 0 radical (unpaired) electrons. The fourth-order valence-corrected chi connectivity index (χ4v) is 2.31. The van der Waals surface area contributed by atoms with Crippen molar-refractivity contribution < 1.29 is 9.59 Å². The van der Waals surface area contributed by atoms with E-state index < -0.39 is 0 Å². The number of benzene rings is 2. The molecule has 0 bridgehead atoms. The summed E-state index contributed by atoms with van der Waals surface area (Å²) in [5.74, 6) is -0.543. The third-order valence-corrected chi connectivity index (χ3v) is 3.64. The first-order valence-corrected chi connectivity index (χ1v) is 7.47. The maximum Gasteiger partial charge on any atom is 0.203 e. The molecule has 0 amide bonds. The van der Waals surface area contributed by atoms with Crippen LogP contribution in [-0.2, 0) is 9.59 Å². The second-order valence-corrected chi connectivity index (χ2v) is 5.49. The lowest BCUT2D eigenvalue weighted by Gasteiger charge is -2.13. The van der Waals surface area contributed by atoms with E-state index in [0.29, 0.717) is 0 Å². The Balaban J connectivity index is 1.70. The van der Waals surface area contributed by atoms with E-state index in [1.807, 2.05) is 54.6 Å². The van der Waals surface area contributed by atoms with Crippen LogP contribution in [0.15, 0.2) is 77.4 Å². The van der Waals surface area contributed by atoms with Gasteiger partial charge in [-0.05, 0) is 36.4 Å². The molecule has 0 heterocycles. The minimum Gasteiger partial charge on any atom is -0.356 e. The zero-order chi connectivity index (χ0) is 16.2. The van der Waals surface area contributed by atoms with Crippen molar-refractivity contribution >= 4 is 41.3 Å². The van der Waals surface area contributed by atoms with E-state index in [4.69, 9.17) is 0 Å². The van der Waals surface area contributed by atoms with Crippen molar-refractivity contribution in [3.63, 3.8) is 0 Å². The van der Waals surface area contributed by atoms with Crippen molar-refractivity contribution in [2.45, 2.75) is 0 Å². The van der Waals surface area contributed by atoms with E-state index in [2.05, 4.69) is 23.3 Å². The highest BCUT2D eigenvalue weighted by atomic mass is 32.1. The van der Waals surface area contributed by atoms with E-state index in [1.54, 1.807) is 0 Å². The lowest BCUT2D eigenvalue weighted by Crippen LogP contribution is -2.16. The van der Waals surface area contributed by atoms with E-state index in [0.717, 1.165) is 17.1 Å². The molecule has 4 nitrogen and oxygen atoms in total. The first kappa shape index (κ1) is 15.1. The topological polar surface area (TPSA) is 58.2 Å². The monoisotopic (exact) mass is 322 g/mol. The number of ketones is 2. The van der Waals surface area contributed by atoms with Crippen LogP contribution in [0.25, 0.3) is 0 Å². The van der Waals surface area contributed by atoms with Gasteiger partial charge in [-0.15, -0.1) is 12.6 Å². The van der Waals surface area contributed by atoms with Crippen LogP contribution in [0, 0.1) is 0 Å². The van der Waals surface area contributed by atoms with Gasteiger partial charge in [-0.3, -0.25) is 9.59 Å². The van der Waals surface area contributed by atoms with Crippen LogP contribution >= 0.6 is 12.6 Å². The normalized spacial score (nSPS) is 14.1. The van der Waals surface area contributed by atoms with Gasteiger partial charge in [0.15, 0.2) is 5.78 Å². The molecule has 1 aliphatic carbocycles. The third kappa shape index (κ3) is 3.70. The van der Waals surface area contributed by atoms with E-state index in [9.17, 15) is 9.59 Å². The molecule has 0 aliphatic heterocycles. The molecule has 2 aromatic carbocycles. The number of hydrogen-bond donors (Lipinski definition) is 3. The molecule has 23 heavy (non-hydrogen) atoms. The maximum absolute atomic E-state index is 11.8. The highest BCUT2D eigenvalue weighted by Gasteiger charge is 2.18. The summed E-state index contributed by atoms with van der Waals surface area (Å²) < 4.78 is 0. The molecular weight excluding hydrogens is 308 g/mol. The van der Waals surface area contributed by atoms with Gasteiger partial charge in [0.05, 0.1) is 10.6 Å². The summed E-state index contributed by atoms with van der Waals surface area (Å²) in [4.78, 5) is 23.6. The van der Waals surface area contributed by atoms with Gasteiger partial charge in [-0.2, -0.15) is 0 Å². The lowest BCUT2D eigenvalue weighted by atomic mass is 10.1. The molecule has 0 saturated heterocycles. The Labute approximate surface area is 139 Å². The Morgan fingerprint density at radius 2 is 1.22 bits per heavy atom. The number of carbonyl (C=O) groups is 2. The summed E-state index contributed by atoms with van der Waals surface area (Å²) in [5.41, 5.74) is 2.90. The molecule has 0 atom stereocenters. The van der Waals surface area contributed by atoms with Gasteiger partial charge in [0.2, 0.25) is 5.78 Å². The van der Waals surface area contributed by atoms with Crippen LogP contribution in [-0.4, -0.2) is 11.6 Å². The second kappa shape index (κ2) is 6.54. The van der Waals surface area contributed by atoms with Crippen LogP contribution in [0.2, 0.25) is 0 Å². The Hall–Kier alpha value is -2.79. The number of rotatable bonds is 4. The SMILES string of the molecule is O=C1C=C(Nc2ccc(Nc3ccccc3)cc2)C(=O)C=C1S. The number of allylic oxidation sites excluding steroid dienone is 3. The minimum absolute atomic E-state index is 0.156. The molecule has 0 aromatic heterocycles. The molecule has 1 aliphatic rings. The van der Waals surface area contributed by atoms with Gasteiger partial charge < -0.3 is 10.6 Å². The number of anilines is 3. The van der Waals surface area contributed by atoms with Crippen molar-refractivity contribution in [2.75, 3.05) is 10.6 Å². The highest BCUT2D eigenvalue weighted by molar-refractivity contribution is 7.85. The Bertz CT molecular complexity index is 809. The maximum atomic E-state index is 11.8. The zero-order valence-electron chi connectivity index (χ0n) is 12.1. The summed E-state index contributed by atoms with van der Waals surface area (Å²) in [5, 5.41) is 6.23. The smallest absolute Gasteiger partial charge is 0.203 e. The second-order valence-electron chi connectivity index (χ2n) is 5.01. The van der Waals surface area contributed by atoms with Crippen LogP contribution in [0.3, 0.4) is 0 Å². The molecule has 114 valence electrons. The molecule has 2 aromatic rings. The summed E-state index contributed by atoms with van der Waals surface area (Å²) >= 11 is 3.95. The van der Waals surface area contributed by atoms with Crippen molar-refractivity contribution in [3.05, 3.63) is 77.4 Å². The molecule has 5 heteroatoms. The Kier molecular flexibility index (Phi) is 4.30. The number of carbonyl (C=O) groups excluding carboxylic acids is 2. The average Bonchev–Trinajstić information content (AvgIpc) is 2.55. The molecule has 0 fully saturated rings. The predicted molar refractivity (Wildman–Crippen MR) is 95.0 cm³/mol. The molecule has 0 saturated carbocycles.